The number of anilines is 2. The lowest BCUT2D eigenvalue weighted by atomic mass is 10.1. The van der Waals surface area contributed by atoms with Crippen LogP contribution in [0.5, 0.6) is 0 Å². The summed E-state index contributed by atoms with van der Waals surface area (Å²) in [4.78, 5) is 16.3. The average Bonchev–Trinajstić information content (AvgIpc) is 2.61. The lowest BCUT2D eigenvalue weighted by Gasteiger charge is -2.24. The minimum Gasteiger partial charge on any atom is -0.372 e. The lowest BCUT2D eigenvalue weighted by molar-refractivity contribution is 0.251. The zero-order valence-electron chi connectivity index (χ0n) is 16.7. The number of hydrogen-bond donors (Lipinski definition) is 2. The molecule has 0 bridgehead atoms. The second kappa shape index (κ2) is 9.37. The van der Waals surface area contributed by atoms with E-state index in [2.05, 4.69) is 29.4 Å². The van der Waals surface area contributed by atoms with Crippen molar-refractivity contribution >= 4 is 17.4 Å². The van der Waals surface area contributed by atoms with Gasteiger partial charge in [0.15, 0.2) is 0 Å². The quantitative estimate of drug-likeness (QED) is 0.771. The van der Waals surface area contributed by atoms with Crippen LogP contribution in [-0.2, 0) is 13.1 Å². The zero-order valence-corrected chi connectivity index (χ0v) is 16.7. The van der Waals surface area contributed by atoms with Crippen LogP contribution in [0.4, 0.5) is 20.6 Å². The minimum atomic E-state index is -0.294. The van der Waals surface area contributed by atoms with Gasteiger partial charge in [-0.2, -0.15) is 0 Å². The number of halogens is 1. The molecule has 6 heteroatoms. The highest BCUT2D eigenvalue weighted by Crippen LogP contribution is 2.20. The average molecular weight is 372 g/mol. The second-order valence-electron chi connectivity index (χ2n) is 7.23. The van der Waals surface area contributed by atoms with Gasteiger partial charge in [-0.25, -0.2) is 9.18 Å². The van der Waals surface area contributed by atoms with Crippen LogP contribution in [0.2, 0.25) is 0 Å². The van der Waals surface area contributed by atoms with Gasteiger partial charge in [-0.1, -0.05) is 12.1 Å². The Kier molecular flexibility index (Phi) is 7.19. The first-order valence-electron chi connectivity index (χ1n) is 9.06. The van der Waals surface area contributed by atoms with E-state index >= 15 is 0 Å². The van der Waals surface area contributed by atoms with Gasteiger partial charge in [0.05, 0.1) is 0 Å². The molecule has 5 nitrogen and oxygen atoms in total. The normalized spacial score (nSPS) is 11.0. The summed E-state index contributed by atoms with van der Waals surface area (Å²) in [7, 11) is 5.80. The smallest absolute Gasteiger partial charge is 0.319 e. The molecule has 2 aromatic carbocycles. The second-order valence-corrected chi connectivity index (χ2v) is 7.23. The van der Waals surface area contributed by atoms with Crippen molar-refractivity contribution < 1.29 is 9.18 Å². The molecule has 0 radical (unpaired) electrons. The van der Waals surface area contributed by atoms with Crippen LogP contribution >= 0.6 is 0 Å². The van der Waals surface area contributed by atoms with E-state index in [1.54, 1.807) is 12.1 Å². The number of nitrogens with one attached hydrogen (secondary N) is 2. The highest BCUT2D eigenvalue weighted by molar-refractivity contribution is 5.89. The monoisotopic (exact) mass is 372 g/mol. The van der Waals surface area contributed by atoms with Gasteiger partial charge in [0, 0.05) is 43.1 Å². The first kappa shape index (κ1) is 20.7. The van der Waals surface area contributed by atoms with Crippen molar-refractivity contribution in [2.45, 2.75) is 33.0 Å². The predicted molar refractivity (Wildman–Crippen MR) is 110 cm³/mol. The molecule has 0 unspecified atom stereocenters. The van der Waals surface area contributed by atoms with Crippen molar-refractivity contribution in [1.82, 2.24) is 10.2 Å². The number of hydrogen-bond acceptors (Lipinski definition) is 3. The third-order valence-electron chi connectivity index (χ3n) is 4.34. The van der Waals surface area contributed by atoms with Crippen molar-refractivity contribution in [3.63, 3.8) is 0 Å². The van der Waals surface area contributed by atoms with E-state index in [4.69, 9.17) is 0 Å². The van der Waals surface area contributed by atoms with Gasteiger partial charge in [0.1, 0.15) is 5.82 Å². The number of carbonyl (C=O) groups excluding carboxylic acids is 1. The molecule has 0 heterocycles. The molecular weight excluding hydrogens is 343 g/mol. The van der Waals surface area contributed by atoms with Crippen molar-refractivity contribution in [1.29, 1.82) is 0 Å². The largest absolute Gasteiger partial charge is 0.372 e. The number of urea groups is 1. The first-order chi connectivity index (χ1) is 12.8. The molecule has 0 aliphatic heterocycles. The molecule has 0 aliphatic rings. The summed E-state index contributed by atoms with van der Waals surface area (Å²) in [6.07, 6.45) is 0. The van der Waals surface area contributed by atoms with Gasteiger partial charge < -0.3 is 20.4 Å². The third-order valence-corrected chi connectivity index (χ3v) is 4.34. The van der Waals surface area contributed by atoms with Crippen molar-refractivity contribution in [2.75, 3.05) is 31.4 Å². The maximum absolute atomic E-state index is 13.8. The standard InChI is InChI=1S/C21H29FN4O/c1-15(2)26(5)19-8-6-7-18(12-19)24-21(27)23-13-16-9-10-20(22)17(11-16)14-25(3)4/h6-12,15H,13-14H2,1-5H3,(H2,23,24,27). The minimum absolute atomic E-state index is 0.233. The Bertz CT molecular complexity index is 777. The number of nitrogens with zero attached hydrogens (tertiary/aromatic N) is 2. The molecule has 146 valence electrons. The highest BCUT2D eigenvalue weighted by Gasteiger charge is 2.09. The Hall–Kier alpha value is -2.60. The molecule has 0 spiro atoms. The Balaban J connectivity index is 1.96. The predicted octanol–water partition coefficient (Wildman–Crippen LogP) is 4.05. The lowest BCUT2D eigenvalue weighted by Crippen LogP contribution is -2.29. The molecule has 0 aromatic heterocycles. The topological polar surface area (TPSA) is 47.6 Å². The van der Waals surface area contributed by atoms with Crippen LogP contribution in [0, 0.1) is 5.82 Å². The molecule has 2 N–H and O–H groups in total. The Labute approximate surface area is 161 Å². The van der Waals surface area contributed by atoms with Crippen LogP contribution in [0.3, 0.4) is 0 Å². The summed E-state index contributed by atoms with van der Waals surface area (Å²) in [5.74, 6) is -0.233. The number of benzene rings is 2. The zero-order chi connectivity index (χ0) is 20.0. The number of amides is 2. The summed E-state index contributed by atoms with van der Waals surface area (Å²) < 4.78 is 13.8. The van der Waals surface area contributed by atoms with Crippen LogP contribution in [0.15, 0.2) is 42.5 Å². The maximum atomic E-state index is 13.8. The molecule has 0 aliphatic carbocycles. The Morgan fingerprint density at radius 3 is 2.52 bits per heavy atom. The van der Waals surface area contributed by atoms with Gasteiger partial charge in [-0.15, -0.1) is 0 Å². The van der Waals surface area contributed by atoms with E-state index in [-0.39, 0.29) is 11.8 Å². The molecule has 2 amide bonds. The van der Waals surface area contributed by atoms with Crippen LogP contribution < -0.4 is 15.5 Å². The summed E-state index contributed by atoms with van der Waals surface area (Å²) in [6.45, 7) is 5.07. The van der Waals surface area contributed by atoms with Gasteiger partial charge in [-0.05, 0) is 63.8 Å². The van der Waals surface area contributed by atoms with Crippen molar-refractivity contribution in [3.8, 4) is 0 Å². The van der Waals surface area contributed by atoms with Crippen molar-refractivity contribution in [3.05, 3.63) is 59.4 Å². The summed E-state index contributed by atoms with van der Waals surface area (Å²) >= 11 is 0. The highest BCUT2D eigenvalue weighted by atomic mass is 19.1. The van der Waals surface area contributed by atoms with Crippen LogP contribution in [-0.4, -0.2) is 38.1 Å². The van der Waals surface area contributed by atoms with Gasteiger partial charge >= 0.3 is 6.03 Å². The molecule has 0 saturated heterocycles. The van der Waals surface area contributed by atoms with Crippen LogP contribution in [0.25, 0.3) is 0 Å². The first-order valence-corrected chi connectivity index (χ1v) is 9.06. The third kappa shape index (κ3) is 6.25. The van der Waals surface area contributed by atoms with E-state index < -0.39 is 0 Å². The molecule has 0 fully saturated rings. The van der Waals surface area contributed by atoms with Gasteiger partial charge in [0.25, 0.3) is 0 Å². The molecule has 27 heavy (non-hydrogen) atoms. The maximum Gasteiger partial charge on any atom is 0.319 e. The Morgan fingerprint density at radius 1 is 1.11 bits per heavy atom. The molecule has 2 rings (SSSR count). The Morgan fingerprint density at radius 2 is 1.85 bits per heavy atom. The molecule has 0 atom stereocenters. The number of rotatable bonds is 7. The van der Waals surface area contributed by atoms with E-state index in [9.17, 15) is 9.18 Å². The molecular formula is C21H29FN4O. The number of carbonyl (C=O) groups is 1. The van der Waals surface area contributed by atoms with Gasteiger partial charge in [-0.3, -0.25) is 0 Å². The van der Waals surface area contributed by atoms with E-state index in [0.717, 1.165) is 16.9 Å². The fraction of sp³-hybridized carbons (Fsp3) is 0.381. The fourth-order valence-electron chi connectivity index (χ4n) is 2.66. The molecule has 2 aromatic rings. The van der Waals surface area contributed by atoms with Crippen LogP contribution in [0.1, 0.15) is 25.0 Å². The van der Waals surface area contributed by atoms with E-state index in [1.807, 2.05) is 50.3 Å². The fourth-order valence-corrected chi connectivity index (χ4v) is 2.66. The van der Waals surface area contributed by atoms with Gasteiger partial charge in [0.2, 0.25) is 0 Å². The van der Waals surface area contributed by atoms with E-state index in [1.165, 1.54) is 6.07 Å². The summed E-state index contributed by atoms with van der Waals surface area (Å²) in [5, 5.41) is 5.66. The SMILES string of the molecule is CC(C)N(C)c1cccc(NC(=O)NCc2ccc(F)c(CN(C)C)c2)c1. The van der Waals surface area contributed by atoms with E-state index in [0.29, 0.717) is 24.7 Å². The summed E-state index contributed by atoms with van der Waals surface area (Å²) in [6, 6.07) is 12.7. The molecule has 0 saturated carbocycles. The summed E-state index contributed by atoms with van der Waals surface area (Å²) in [5.41, 5.74) is 3.24. The van der Waals surface area contributed by atoms with Crippen molar-refractivity contribution in [2.24, 2.45) is 0 Å².